The quantitative estimate of drug-likeness (QED) is 0.757. The van der Waals surface area contributed by atoms with E-state index in [-0.39, 0.29) is 0 Å². The summed E-state index contributed by atoms with van der Waals surface area (Å²) in [7, 11) is 0. The van der Waals surface area contributed by atoms with E-state index in [0.717, 1.165) is 10.4 Å². The van der Waals surface area contributed by atoms with E-state index in [9.17, 15) is 0 Å². The van der Waals surface area contributed by atoms with E-state index in [4.69, 9.17) is 16.9 Å². The van der Waals surface area contributed by atoms with Gasteiger partial charge in [-0.15, -0.1) is 11.3 Å². The van der Waals surface area contributed by atoms with Gasteiger partial charge in [-0.2, -0.15) is 5.26 Å². The number of rotatable bonds is 2. The molecule has 0 aliphatic carbocycles. The van der Waals surface area contributed by atoms with Crippen molar-refractivity contribution < 1.29 is 0 Å². The van der Waals surface area contributed by atoms with Crippen LogP contribution < -0.4 is 0 Å². The molecule has 2 heterocycles. The largest absolute Gasteiger partial charge is 0.265 e. The van der Waals surface area contributed by atoms with Crippen LogP contribution in [0.3, 0.4) is 0 Å². The second kappa shape index (κ2) is 4.93. The predicted molar refractivity (Wildman–Crippen MR) is 66.8 cm³/mol. The first-order valence-corrected chi connectivity index (χ1v) is 5.83. The maximum absolute atomic E-state index is 9.14. The molecular weight excluding hydrogens is 240 g/mol. The maximum atomic E-state index is 9.14. The third-order valence-electron chi connectivity index (χ3n) is 2.04. The summed E-state index contributed by atoms with van der Waals surface area (Å²) in [5, 5.41) is 11.6. The normalized spacial score (nSPS) is 11.8. The fourth-order valence-corrected chi connectivity index (χ4v) is 2.30. The third kappa shape index (κ3) is 2.13. The molecule has 0 fully saturated rings. The maximum Gasteiger partial charge on any atom is 0.101 e. The van der Waals surface area contributed by atoms with Crippen molar-refractivity contribution >= 4 is 33.5 Å². The predicted octanol–water partition coefficient (Wildman–Crippen LogP) is 3.77. The fourth-order valence-electron chi connectivity index (χ4n) is 1.29. The van der Waals surface area contributed by atoms with Crippen LogP contribution in [0.15, 0.2) is 42.0 Å². The summed E-state index contributed by atoms with van der Waals surface area (Å²) in [6, 6.07) is 9.48. The molecule has 0 bridgehead atoms. The minimum Gasteiger partial charge on any atom is -0.265 e. The van der Waals surface area contributed by atoms with Gasteiger partial charge in [0.1, 0.15) is 6.07 Å². The van der Waals surface area contributed by atoms with Crippen molar-refractivity contribution in [3.63, 3.8) is 0 Å². The van der Waals surface area contributed by atoms with Gasteiger partial charge in [-0.05, 0) is 29.1 Å². The van der Waals surface area contributed by atoms with Crippen LogP contribution in [0, 0.1) is 11.3 Å². The minimum absolute atomic E-state index is 0.478. The molecule has 78 valence electrons. The first-order valence-electron chi connectivity index (χ1n) is 4.57. The molecule has 0 spiro atoms. The number of nitrogens with zero attached hydrogens (tertiary/aromatic N) is 2. The average molecular weight is 247 g/mol. The lowest BCUT2D eigenvalue weighted by atomic mass is 10.1. The molecule has 0 radical (unpaired) electrons. The Balaban J connectivity index is 2.52. The van der Waals surface area contributed by atoms with Crippen molar-refractivity contribution in [2.75, 3.05) is 0 Å². The van der Waals surface area contributed by atoms with E-state index in [2.05, 4.69) is 11.1 Å². The van der Waals surface area contributed by atoms with Gasteiger partial charge in [-0.3, -0.25) is 4.98 Å². The summed E-state index contributed by atoms with van der Waals surface area (Å²) in [5.41, 5.74) is 1.27. The Hall–Kier alpha value is -1.63. The monoisotopic (exact) mass is 246 g/mol. The SMILES string of the molecule is N#C/C(=C(/Cl)c1cccs1)c1ccncc1. The number of nitriles is 1. The van der Waals surface area contributed by atoms with Gasteiger partial charge < -0.3 is 0 Å². The van der Waals surface area contributed by atoms with Crippen molar-refractivity contribution in [3.8, 4) is 6.07 Å². The van der Waals surface area contributed by atoms with Crippen LogP contribution in [0.25, 0.3) is 10.6 Å². The molecule has 0 unspecified atom stereocenters. The molecule has 16 heavy (non-hydrogen) atoms. The molecule has 2 aromatic rings. The number of thiophene rings is 1. The Bertz CT molecular complexity index is 538. The van der Waals surface area contributed by atoms with Crippen LogP contribution in [0.1, 0.15) is 10.4 Å². The molecule has 0 aliphatic heterocycles. The van der Waals surface area contributed by atoms with Gasteiger partial charge in [0.2, 0.25) is 0 Å². The first-order chi connectivity index (χ1) is 7.83. The summed E-state index contributed by atoms with van der Waals surface area (Å²) in [6.07, 6.45) is 3.29. The Labute approximate surface area is 102 Å². The summed E-state index contributed by atoms with van der Waals surface area (Å²) in [5.74, 6) is 0. The van der Waals surface area contributed by atoms with Gasteiger partial charge in [0, 0.05) is 17.3 Å². The molecule has 2 rings (SSSR count). The number of halogens is 1. The Kier molecular flexibility index (Phi) is 3.35. The second-order valence-corrected chi connectivity index (χ2v) is 4.34. The van der Waals surface area contributed by atoms with Crippen LogP contribution in [0.4, 0.5) is 0 Å². The minimum atomic E-state index is 0.478. The van der Waals surface area contributed by atoms with Crippen LogP contribution in [-0.4, -0.2) is 4.98 Å². The summed E-state index contributed by atoms with van der Waals surface area (Å²) < 4.78 is 0. The Morgan fingerprint density at radius 2 is 2.06 bits per heavy atom. The van der Waals surface area contributed by atoms with Crippen molar-refractivity contribution in [3.05, 3.63) is 52.5 Å². The van der Waals surface area contributed by atoms with Crippen LogP contribution in [-0.2, 0) is 0 Å². The summed E-state index contributed by atoms with van der Waals surface area (Å²) in [4.78, 5) is 4.81. The lowest BCUT2D eigenvalue weighted by Crippen LogP contribution is -1.84. The highest BCUT2D eigenvalue weighted by atomic mass is 35.5. The van der Waals surface area contributed by atoms with Crippen LogP contribution in [0.5, 0.6) is 0 Å². The van der Waals surface area contributed by atoms with E-state index < -0.39 is 0 Å². The molecule has 0 atom stereocenters. The smallest absolute Gasteiger partial charge is 0.101 e. The number of allylic oxidation sites excluding steroid dienone is 1. The average Bonchev–Trinajstić information content (AvgIpc) is 2.85. The summed E-state index contributed by atoms with van der Waals surface area (Å²) in [6.45, 7) is 0. The van der Waals surface area contributed by atoms with Crippen molar-refractivity contribution in [1.82, 2.24) is 4.98 Å². The van der Waals surface area contributed by atoms with Crippen molar-refractivity contribution in [1.29, 1.82) is 5.26 Å². The second-order valence-electron chi connectivity index (χ2n) is 3.01. The molecule has 0 aliphatic rings. The van der Waals surface area contributed by atoms with Crippen LogP contribution >= 0.6 is 22.9 Å². The number of hydrogen-bond acceptors (Lipinski definition) is 3. The zero-order valence-corrected chi connectivity index (χ0v) is 9.79. The molecule has 2 aromatic heterocycles. The van der Waals surface area contributed by atoms with E-state index in [1.807, 2.05) is 17.5 Å². The number of aromatic nitrogens is 1. The molecule has 0 saturated heterocycles. The van der Waals surface area contributed by atoms with Crippen LogP contribution in [0.2, 0.25) is 0 Å². The number of hydrogen-bond donors (Lipinski definition) is 0. The highest BCUT2D eigenvalue weighted by Crippen LogP contribution is 2.31. The van der Waals surface area contributed by atoms with E-state index in [1.165, 1.54) is 11.3 Å². The van der Waals surface area contributed by atoms with E-state index in [0.29, 0.717) is 10.6 Å². The standard InChI is InChI=1S/C12H7ClN2S/c13-12(11-2-1-7-16-11)10(8-14)9-3-5-15-6-4-9/h1-7H/b12-10-. The highest BCUT2D eigenvalue weighted by Gasteiger charge is 2.09. The summed E-state index contributed by atoms with van der Waals surface area (Å²) >= 11 is 7.71. The molecule has 0 saturated carbocycles. The molecule has 2 nitrogen and oxygen atoms in total. The van der Waals surface area contributed by atoms with E-state index >= 15 is 0 Å². The third-order valence-corrected chi connectivity index (χ3v) is 3.43. The lowest BCUT2D eigenvalue weighted by molar-refractivity contribution is 1.32. The molecule has 0 N–H and O–H groups in total. The molecule has 4 heteroatoms. The lowest BCUT2D eigenvalue weighted by Gasteiger charge is -2.01. The fraction of sp³-hybridized carbons (Fsp3) is 0. The highest BCUT2D eigenvalue weighted by molar-refractivity contribution is 7.12. The number of pyridine rings is 1. The molecular formula is C12H7ClN2S. The topological polar surface area (TPSA) is 36.7 Å². The van der Waals surface area contributed by atoms with Gasteiger partial charge >= 0.3 is 0 Å². The zero-order chi connectivity index (χ0) is 11.4. The van der Waals surface area contributed by atoms with Gasteiger partial charge in [0.25, 0.3) is 0 Å². The molecule has 0 amide bonds. The van der Waals surface area contributed by atoms with Gasteiger partial charge in [-0.25, -0.2) is 0 Å². The first kappa shape index (κ1) is 10.9. The van der Waals surface area contributed by atoms with E-state index in [1.54, 1.807) is 24.5 Å². The Morgan fingerprint density at radius 3 is 2.62 bits per heavy atom. The molecule has 0 aromatic carbocycles. The van der Waals surface area contributed by atoms with Crippen molar-refractivity contribution in [2.45, 2.75) is 0 Å². The van der Waals surface area contributed by atoms with Crippen molar-refractivity contribution in [2.24, 2.45) is 0 Å². The van der Waals surface area contributed by atoms with Gasteiger partial charge in [0.15, 0.2) is 0 Å². The van der Waals surface area contributed by atoms with Gasteiger partial charge in [0.05, 0.1) is 10.6 Å². The van der Waals surface area contributed by atoms with Gasteiger partial charge in [-0.1, -0.05) is 17.7 Å². The zero-order valence-electron chi connectivity index (χ0n) is 8.22. The Morgan fingerprint density at radius 1 is 1.31 bits per heavy atom.